The SMILES string of the molecule is Cc1ccn(-c2cc(-c3cc(F)cc(F)c3)ccc2C(Oc2cc(N3CCC4(CC3)CNC(C(=O)O)C4)nc(N)n2)C(F)(F)F)n1. The van der Waals surface area contributed by atoms with Gasteiger partial charge < -0.3 is 25.8 Å². The first-order valence-corrected chi connectivity index (χ1v) is 14.5. The van der Waals surface area contributed by atoms with Gasteiger partial charge in [0.2, 0.25) is 17.9 Å². The molecular formula is C31H30F5N7O3. The number of alkyl halides is 3. The lowest BCUT2D eigenvalue weighted by molar-refractivity contribution is -0.198. The second kappa shape index (κ2) is 11.9. The predicted molar refractivity (Wildman–Crippen MR) is 157 cm³/mol. The van der Waals surface area contributed by atoms with E-state index in [0.29, 0.717) is 50.7 Å². The summed E-state index contributed by atoms with van der Waals surface area (Å²) in [5, 5.41) is 16.7. The number of aromatic nitrogens is 4. The topological polar surface area (TPSA) is 131 Å². The van der Waals surface area contributed by atoms with Crippen LogP contribution in [0.3, 0.4) is 0 Å². The number of aryl methyl sites for hydroxylation is 1. The summed E-state index contributed by atoms with van der Waals surface area (Å²) in [5.74, 6) is -2.97. The van der Waals surface area contributed by atoms with Gasteiger partial charge in [-0.05, 0) is 67.0 Å². The lowest BCUT2D eigenvalue weighted by Gasteiger charge is -2.39. The van der Waals surface area contributed by atoms with E-state index in [1.165, 1.54) is 35.1 Å². The maximum Gasteiger partial charge on any atom is 0.429 e. The lowest BCUT2D eigenvalue weighted by Crippen LogP contribution is -2.41. The van der Waals surface area contributed by atoms with E-state index in [0.717, 1.165) is 12.1 Å². The molecule has 1 spiro atoms. The van der Waals surface area contributed by atoms with Crippen LogP contribution >= 0.6 is 0 Å². The van der Waals surface area contributed by atoms with Gasteiger partial charge >= 0.3 is 12.1 Å². The monoisotopic (exact) mass is 643 g/mol. The highest BCUT2D eigenvalue weighted by molar-refractivity contribution is 5.74. The van der Waals surface area contributed by atoms with Gasteiger partial charge in [0.15, 0.2) is 0 Å². The molecule has 0 amide bonds. The maximum atomic E-state index is 14.7. The van der Waals surface area contributed by atoms with E-state index >= 15 is 0 Å². The number of carbonyl (C=O) groups is 1. The van der Waals surface area contributed by atoms with Crippen LogP contribution in [0, 0.1) is 24.0 Å². The van der Waals surface area contributed by atoms with Crippen LogP contribution in [-0.4, -0.2) is 62.7 Å². The highest BCUT2D eigenvalue weighted by atomic mass is 19.4. The molecule has 15 heteroatoms. The minimum atomic E-state index is -4.93. The molecule has 46 heavy (non-hydrogen) atoms. The molecule has 0 aliphatic carbocycles. The van der Waals surface area contributed by atoms with Crippen LogP contribution in [0.5, 0.6) is 5.88 Å². The minimum absolute atomic E-state index is 0.0222. The Morgan fingerprint density at radius 1 is 1.07 bits per heavy atom. The average Bonchev–Trinajstić information content (AvgIpc) is 3.61. The standard InChI is InChI=1S/C31H30F5N7O3/c1-17-4-7-43(41-17)24-12-18(19-10-20(32)13-21(33)11-19)2-3-22(24)27(31(34,35)36)46-26-14-25(39-29(37)40-26)42-8-5-30(6-9-42)15-23(28(44)45)38-16-30/h2-4,7,10-14,23,27,38H,5-6,8-9,15-16H2,1H3,(H,44,45)(H2,37,39,40). The van der Waals surface area contributed by atoms with Gasteiger partial charge in [0.1, 0.15) is 23.5 Å². The van der Waals surface area contributed by atoms with Gasteiger partial charge in [0, 0.05) is 43.5 Å². The van der Waals surface area contributed by atoms with Crippen molar-refractivity contribution in [2.45, 2.75) is 44.5 Å². The molecule has 4 N–H and O–H groups in total. The molecule has 4 heterocycles. The number of nitrogen functional groups attached to an aromatic ring is 1. The number of hydrogen-bond acceptors (Lipinski definition) is 8. The van der Waals surface area contributed by atoms with Crippen molar-refractivity contribution in [3.63, 3.8) is 0 Å². The zero-order valence-corrected chi connectivity index (χ0v) is 24.6. The van der Waals surface area contributed by atoms with Gasteiger partial charge in [-0.15, -0.1) is 0 Å². The molecule has 2 fully saturated rings. The molecule has 2 aliphatic rings. The summed E-state index contributed by atoms with van der Waals surface area (Å²) in [7, 11) is 0. The molecule has 2 aliphatic heterocycles. The number of carboxylic acids is 1. The fourth-order valence-electron chi connectivity index (χ4n) is 6.18. The number of ether oxygens (including phenoxy) is 1. The van der Waals surface area contributed by atoms with Crippen molar-refractivity contribution < 1.29 is 36.6 Å². The number of rotatable bonds is 7. The van der Waals surface area contributed by atoms with E-state index in [1.807, 2.05) is 4.90 Å². The molecule has 0 bridgehead atoms. The van der Waals surface area contributed by atoms with E-state index in [1.54, 1.807) is 13.0 Å². The first kappa shape index (κ1) is 31.2. The van der Waals surface area contributed by atoms with Crippen LogP contribution in [0.2, 0.25) is 0 Å². The quantitative estimate of drug-likeness (QED) is 0.232. The fraction of sp³-hybridized carbons (Fsp3) is 0.355. The Morgan fingerprint density at radius 2 is 1.78 bits per heavy atom. The molecule has 2 aromatic heterocycles. The van der Waals surface area contributed by atoms with Crippen LogP contribution < -0.4 is 20.7 Å². The predicted octanol–water partition coefficient (Wildman–Crippen LogP) is 5.21. The van der Waals surface area contributed by atoms with E-state index < -0.39 is 41.8 Å². The molecule has 10 nitrogen and oxygen atoms in total. The molecule has 4 aromatic rings. The summed E-state index contributed by atoms with van der Waals surface area (Å²) in [6.07, 6.45) is -4.19. The number of nitrogens with zero attached hydrogens (tertiary/aromatic N) is 5. The van der Waals surface area contributed by atoms with Crippen LogP contribution in [0.4, 0.5) is 33.7 Å². The Labute approximate surface area is 260 Å². The Morgan fingerprint density at radius 3 is 2.39 bits per heavy atom. The Hall–Kier alpha value is -4.79. The first-order chi connectivity index (χ1) is 21.8. The second-order valence-corrected chi connectivity index (χ2v) is 11.8. The third-order valence-corrected chi connectivity index (χ3v) is 8.53. The molecule has 2 unspecified atom stereocenters. The molecule has 0 saturated carbocycles. The van der Waals surface area contributed by atoms with Gasteiger partial charge in [-0.1, -0.05) is 12.1 Å². The zero-order valence-electron chi connectivity index (χ0n) is 24.6. The molecular weight excluding hydrogens is 613 g/mol. The van der Waals surface area contributed by atoms with Crippen molar-refractivity contribution in [2.24, 2.45) is 5.41 Å². The number of carboxylic acid groups (broad SMARTS) is 1. The van der Waals surface area contributed by atoms with Gasteiger partial charge in [-0.25, -0.2) is 13.5 Å². The fourth-order valence-corrected chi connectivity index (χ4v) is 6.18. The van der Waals surface area contributed by atoms with Gasteiger partial charge in [0.25, 0.3) is 0 Å². The van der Waals surface area contributed by atoms with Crippen molar-refractivity contribution in [2.75, 3.05) is 30.3 Å². The molecule has 2 saturated heterocycles. The highest BCUT2D eigenvalue weighted by Crippen LogP contribution is 2.43. The van der Waals surface area contributed by atoms with Crippen LogP contribution in [0.1, 0.15) is 36.6 Å². The molecule has 242 valence electrons. The number of nitrogens with two attached hydrogens (primary N) is 1. The zero-order chi connectivity index (χ0) is 32.8. The van der Waals surface area contributed by atoms with E-state index in [2.05, 4.69) is 20.4 Å². The first-order valence-electron chi connectivity index (χ1n) is 14.5. The number of benzene rings is 2. The average molecular weight is 644 g/mol. The van der Waals surface area contributed by atoms with Crippen molar-refractivity contribution in [1.29, 1.82) is 0 Å². The van der Waals surface area contributed by atoms with Crippen molar-refractivity contribution in [3.05, 3.63) is 77.6 Å². The summed E-state index contributed by atoms with van der Waals surface area (Å²) in [6, 6.07) is 9.00. The van der Waals surface area contributed by atoms with Crippen LogP contribution in [0.15, 0.2) is 54.7 Å². The number of anilines is 2. The van der Waals surface area contributed by atoms with E-state index in [9.17, 15) is 31.9 Å². The Bertz CT molecular complexity index is 1750. The summed E-state index contributed by atoms with van der Waals surface area (Å²) in [4.78, 5) is 21.5. The molecule has 0 radical (unpaired) electrons. The number of halogens is 5. The summed E-state index contributed by atoms with van der Waals surface area (Å²) < 4.78 is 79.0. The highest BCUT2D eigenvalue weighted by Gasteiger charge is 2.46. The van der Waals surface area contributed by atoms with Gasteiger partial charge in [-0.3, -0.25) is 4.79 Å². The van der Waals surface area contributed by atoms with Crippen molar-refractivity contribution in [1.82, 2.24) is 25.1 Å². The lowest BCUT2D eigenvalue weighted by atomic mass is 9.76. The third-order valence-electron chi connectivity index (χ3n) is 8.53. The Balaban J connectivity index is 1.31. The third kappa shape index (κ3) is 6.45. The van der Waals surface area contributed by atoms with Crippen molar-refractivity contribution in [3.8, 4) is 22.7 Å². The second-order valence-electron chi connectivity index (χ2n) is 11.8. The maximum absolute atomic E-state index is 14.7. The normalized spacial score (nSPS) is 18.6. The minimum Gasteiger partial charge on any atom is -0.480 e. The number of aliphatic carboxylic acids is 1. The van der Waals surface area contributed by atoms with E-state index in [-0.39, 0.29) is 39.6 Å². The molecule has 6 rings (SSSR count). The molecule has 2 aromatic carbocycles. The summed E-state index contributed by atoms with van der Waals surface area (Å²) in [5.41, 5.74) is 6.31. The van der Waals surface area contributed by atoms with Crippen molar-refractivity contribution >= 4 is 17.7 Å². The smallest absolute Gasteiger partial charge is 0.429 e. The number of nitrogens with one attached hydrogen (secondary N) is 1. The van der Waals surface area contributed by atoms with Crippen LogP contribution in [0.25, 0.3) is 16.8 Å². The Kier molecular flexibility index (Phi) is 8.04. The van der Waals surface area contributed by atoms with E-state index in [4.69, 9.17) is 10.5 Å². The largest absolute Gasteiger partial charge is 0.480 e. The molecule has 2 atom stereocenters. The number of piperidine rings is 1. The van der Waals surface area contributed by atoms with Gasteiger partial charge in [0.05, 0.1) is 11.4 Å². The van der Waals surface area contributed by atoms with Gasteiger partial charge in [-0.2, -0.15) is 28.2 Å². The van der Waals surface area contributed by atoms with Crippen LogP contribution in [-0.2, 0) is 4.79 Å². The number of hydrogen-bond donors (Lipinski definition) is 3. The summed E-state index contributed by atoms with van der Waals surface area (Å²) >= 11 is 0. The summed E-state index contributed by atoms with van der Waals surface area (Å²) in [6.45, 7) is 3.20.